The molecule has 24 heavy (non-hydrogen) atoms. The van der Waals surface area contributed by atoms with E-state index in [-0.39, 0.29) is 17.5 Å². The molecule has 2 heteroatoms. The minimum Gasteiger partial charge on any atom is -0.462 e. The molecular weight excluding hydrogens is 296 g/mol. The van der Waals surface area contributed by atoms with Crippen LogP contribution < -0.4 is 0 Å². The average Bonchev–Trinajstić information content (AvgIpc) is 2.53. The Labute approximate surface area is 145 Å². The third-order valence-electron chi connectivity index (χ3n) is 5.79. The largest absolute Gasteiger partial charge is 0.462 e. The van der Waals surface area contributed by atoms with Gasteiger partial charge >= 0.3 is 5.97 Å². The van der Waals surface area contributed by atoms with E-state index in [1.54, 1.807) is 0 Å². The molecule has 0 heterocycles. The molecule has 2 nitrogen and oxygen atoms in total. The first-order valence-corrected chi connectivity index (χ1v) is 9.04. The molecule has 0 aromatic heterocycles. The first-order chi connectivity index (χ1) is 11.4. The maximum atomic E-state index is 11.6. The highest BCUT2D eigenvalue weighted by atomic mass is 16.5. The minimum absolute atomic E-state index is 0.0210. The molecule has 0 amide bonds. The number of hydrogen-bond donors (Lipinski definition) is 0. The van der Waals surface area contributed by atoms with Crippen LogP contribution in [0.4, 0.5) is 0 Å². The summed E-state index contributed by atoms with van der Waals surface area (Å²) in [7, 11) is 0. The van der Waals surface area contributed by atoms with Gasteiger partial charge in [-0.3, -0.25) is 4.79 Å². The molecule has 0 N–H and O–H groups in total. The Kier molecular flexibility index (Phi) is 4.67. The van der Waals surface area contributed by atoms with E-state index in [1.165, 1.54) is 29.7 Å². The number of benzene rings is 2. The molecule has 1 saturated carbocycles. The first kappa shape index (κ1) is 17.0. The topological polar surface area (TPSA) is 26.3 Å². The Morgan fingerprint density at radius 1 is 1.08 bits per heavy atom. The molecule has 1 aliphatic carbocycles. The monoisotopic (exact) mass is 324 g/mol. The molecule has 3 atom stereocenters. The normalized spacial score (nSPS) is 24.8. The smallest absolute Gasteiger partial charge is 0.302 e. The fraction of sp³-hybridized carbons (Fsp3) is 0.500. The molecule has 0 radical (unpaired) electrons. The van der Waals surface area contributed by atoms with Crippen molar-refractivity contribution in [2.24, 2.45) is 11.8 Å². The number of hydrogen-bond acceptors (Lipinski definition) is 2. The van der Waals surface area contributed by atoms with Crippen LogP contribution in [0.15, 0.2) is 42.5 Å². The van der Waals surface area contributed by atoms with E-state index in [1.807, 2.05) is 0 Å². The Hall–Kier alpha value is -1.83. The molecule has 1 aliphatic rings. The highest BCUT2D eigenvalue weighted by Gasteiger charge is 2.41. The van der Waals surface area contributed by atoms with Crippen molar-refractivity contribution >= 4 is 16.7 Å². The highest BCUT2D eigenvalue weighted by molar-refractivity contribution is 5.83. The van der Waals surface area contributed by atoms with Crippen molar-refractivity contribution in [3.63, 3.8) is 0 Å². The third kappa shape index (κ3) is 3.33. The molecule has 1 fully saturated rings. The van der Waals surface area contributed by atoms with Gasteiger partial charge in [-0.15, -0.1) is 0 Å². The lowest BCUT2D eigenvalue weighted by molar-refractivity contribution is -0.153. The Morgan fingerprint density at radius 2 is 1.79 bits per heavy atom. The van der Waals surface area contributed by atoms with Gasteiger partial charge in [0.15, 0.2) is 0 Å². The van der Waals surface area contributed by atoms with Crippen molar-refractivity contribution in [1.29, 1.82) is 0 Å². The van der Waals surface area contributed by atoms with E-state index in [9.17, 15) is 4.79 Å². The van der Waals surface area contributed by atoms with Gasteiger partial charge in [0.25, 0.3) is 0 Å². The average molecular weight is 324 g/mol. The van der Waals surface area contributed by atoms with Gasteiger partial charge in [-0.05, 0) is 40.5 Å². The van der Waals surface area contributed by atoms with Crippen molar-refractivity contribution in [3.05, 3.63) is 48.0 Å². The van der Waals surface area contributed by atoms with Crippen LogP contribution in [0.5, 0.6) is 0 Å². The van der Waals surface area contributed by atoms with Crippen LogP contribution in [-0.2, 0) is 14.9 Å². The fourth-order valence-corrected chi connectivity index (χ4v) is 4.30. The van der Waals surface area contributed by atoms with Crippen molar-refractivity contribution in [2.45, 2.75) is 58.5 Å². The van der Waals surface area contributed by atoms with Crippen LogP contribution in [0.25, 0.3) is 10.8 Å². The lowest BCUT2D eigenvalue weighted by atomic mass is 9.64. The third-order valence-corrected chi connectivity index (χ3v) is 5.79. The first-order valence-electron chi connectivity index (χ1n) is 9.04. The maximum absolute atomic E-state index is 11.6. The van der Waals surface area contributed by atoms with Crippen LogP contribution in [-0.4, -0.2) is 12.1 Å². The zero-order valence-corrected chi connectivity index (χ0v) is 15.2. The molecule has 128 valence electrons. The zero-order chi connectivity index (χ0) is 17.3. The highest BCUT2D eigenvalue weighted by Crippen LogP contribution is 2.44. The molecule has 0 saturated heterocycles. The second-order valence-corrected chi connectivity index (χ2v) is 7.96. The van der Waals surface area contributed by atoms with Crippen molar-refractivity contribution in [3.8, 4) is 0 Å². The summed E-state index contributed by atoms with van der Waals surface area (Å²) >= 11 is 0. The summed E-state index contributed by atoms with van der Waals surface area (Å²) in [6, 6.07) is 15.2. The second kappa shape index (κ2) is 6.58. The predicted molar refractivity (Wildman–Crippen MR) is 99.0 cm³/mol. The lowest BCUT2D eigenvalue weighted by Crippen LogP contribution is -2.43. The number of carbonyl (C=O) groups excluding carboxylic acids is 1. The van der Waals surface area contributed by atoms with E-state index in [0.717, 1.165) is 12.8 Å². The SMILES string of the molecule is CC(=O)OC1CC(C)CCC1C(C)(C)c1ccc2ccccc2c1. The lowest BCUT2D eigenvalue weighted by Gasteiger charge is -2.44. The van der Waals surface area contributed by atoms with Crippen molar-refractivity contribution in [2.75, 3.05) is 0 Å². The van der Waals surface area contributed by atoms with Gasteiger partial charge in [-0.25, -0.2) is 0 Å². The summed E-state index contributed by atoms with van der Waals surface area (Å²) in [6.45, 7) is 8.39. The molecule has 0 aliphatic heterocycles. The van der Waals surface area contributed by atoms with Crippen molar-refractivity contribution < 1.29 is 9.53 Å². The quantitative estimate of drug-likeness (QED) is 0.698. The van der Waals surface area contributed by atoms with Crippen LogP contribution in [0.2, 0.25) is 0 Å². The van der Waals surface area contributed by atoms with Gasteiger partial charge in [-0.1, -0.05) is 69.7 Å². The summed E-state index contributed by atoms with van der Waals surface area (Å²) in [6.07, 6.45) is 3.31. The van der Waals surface area contributed by atoms with Crippen LogP contribution >= 0.6 is 0 Å². The Morgan fingerprint density at radius 3 is 2.50 bits per heavy atom. The van der Waals surface area contributed by atoms with Gasteiger partial charge in [0.2, 0.25) is 0 Å². The van der Waals surface area contributed by atoms with E-state index in [0.29, 0.717) is 11.8 Å². The molecule has 2 aromatic carbocycles. The standard InChI is InChI=1S/C22H28O2/c1-15-9-12-20(21(13-15)24-16(2)23)22(3,4)19-11-10-17-7-5-6-8-18(17)14-19/h5-8,10-11,14-15,20-21H,9,12-13H2,1-4H3. The fourth-order valence-electron chi connectivity index (χ4n) is 4.30. The van der Waals surface area contributed by atoms with E-state index in [4.69, 9.17) is 4.74 Å². The van der Waals surface area contributed by atoms with E-state index >= 15 is 0 Å². The molecule has 0 spiro atoms. The Balaban J connectivity index is 1.95. The molecule has 3 rings (SSSR count). The van der Waals surface area contributed by atoms with Crippen LogP contribution in [0.3, 0.4) is 0 Å². The number of rotatable bonds is 3. The van der Waals surface area contributed by atoms with Gasteiger partial charge in [0.05, 0.1) is 0 Å². The molecule has 0 bridgehead atoms. The summed E-state index contributed by atoms with van der Waals surface area (Å²) in [4.78, 5) is 11.6. The number of carbonyl (C=O) groups is 1. The number of ether oxygens (including phenoxy) is 1. The van der Waals surface area contributed by atoms with Crippen molar-refractivity contribution in [1.82, 2.24) is 0 Å². The zero-order valence-electron chi connectivity index (χ0n) is 15.2. The number of fused-ring (bicyclic) bond motifs is 1. The molecule has 2 aromatic rings. The summed E-state index contributed by atoms with van der Waals surface area (Å²) < 4.78 is 5.73. The second-order valence-electron chi connectivity index (χ2n) is 7.96. The van der Waals surface area contributed by atoms with Gasteiger partial charge in [0.1, 0.15) is 6.10 Å². The Bertz CT molecular complexity index is 732. The van der Waals surface area contributed by atoms with Gasteiger partial charge in [-0.2, -0.15) is 0 Å². The van der Waals surface area contributed by atoms with E-state index < -0.39 is 0 Å². The maximum Gasteiger partial charge on any atom is 0.302 e. The predicted octanol–water partition coefficient (Wildman–Crippen LogP) is 5.49. The molecular formula is C22H28O2. The molecule has 3 unspecified atom stereocenters. The van der Waals surface area contributed by atoms with E-state index in [2.05, 4.69) is 63.2 Å². The van der Waals surface area contributed by atoms with Crippen LogP contribution in [0, 0.1) is 11.8 Å². The van der Waals surface area contributed by atoms with Gasteiger partial charge in [0, 0.05) is 12.8 Å². The number of esters is 1. The summed E-state index contributed by atoms with van der Waals surface area (Å²) in [5.74, 6) is 0.824. The summed E-state index contributed by atoms with van der Waals surface area (Å²) in [5.41, 5.74) is 1.31. The minimum atomic E-state index is -0.159. The van der Waals surface area contributed by atoms with Gasteiger partial charge < -0.3 is 4.74 Å². The van der Waals surface area contributed by atoms with Crippen LogP contribution in [0.1, 0.15) is 52.5 Å². The summed E-state index contributed by atoms with van der Waals surface area (Å²) in [5, 5.41) is 2.54.